The number of rotatable bonds is 9. The fraction of sp³-hybridized carbons (Fsp3) is 0.696. The number of hydrogen-bond acceptors (Lipinski definition) is 5. The van der Waals surface area contributed by atoms with Crippen molar-refractivity contribution in [2.45, 2.75) is 38.8 Å². The molecular weight excluding hydrogens is 505 g/mol. The number of nitrogens with one attached hydrogen (secondary N) is 2. The van der Waals surface area contributed by atoms with Crippen molar-refractivity contribution in [3.05, 3.63) is 29.8 Å². The van der Waals surface area contributed by atoms with Gasteiger partial charge in [-0.15, -0.1) is 24.0 Å². The molecule has 0 bridgehead atoms. The van der Waals surface area contributed by atoms with Crippen LogP contribution in [0.25, 0.3) is 0 Å². The van der Waals surface area contributed by atoms with Gasteiger partial charge in [-0.25, -0.2) is 0 Å². The van der Waals surface area contributed by atoms with Crippen molar-refractivity contribution in [3.63, 3.8) is 0 Å². The summed E-state index contributed by atoms with van der Waals surface area (Å²) in [6.07, 6.45) is 3.58. The average molecular weight is 546 g/mol. The monoisotopic (exact) mass is 545 g/mol. The number of hydrogen-bond donors (Lipinski definition) is 2. The molecule has 0 amide bonds. The molecule has 31 heavy (non-hydrogen) atoms. The summed E-state index contributed by atoms with van der Waals surface area (Å²) in [5, 5.41) is 7.04. The van der Waals surface area contributed by atoms with E-state index in [1.807, 2.05) is 13.1 Å². The highest BCUT2D eigenvalue weighted by Crippen LogP contribution is 2.14. The smallest absolute Gasteiger partial charge is 0.191 e. The molecule has 2 aliphatic heterocycles. The van der Waals surface area contributed by atoms with Gasteiger partial charge in [-0.05, 0) is 43.5 Å². The maximum atomic E-state index is 5.97. The van der Waals surface area contributed by atoms with Crippen LogP contribution in [0.1, 0.15) is 31.7 Å². The van der Waals surface area contributed by atoms with E-state index < -0.39 is 0 Å². The maximum absolute atomic E-state index is 5.97. The van der Waals surface area contributed by atoms with Crippen LogP contribution >= 0.6 is 24.0 Å². The molecule has 0 saturated carbocycles. The standard InChI is InChI=1S/C23H39N5O2.HI/c1-3-9-27-10-7-21(8-11-27)26-23(24-2)25-19-20-5-4-6-22(18-20)30-17-14-28-12-15-29-16-13-28;/h4-6,18,21H,3,7-17,19H2,1-2H3,(H2,24,25,26);1H. The van der Waals surface area contributed by atoms with Gasteiger partial charge in [0, 0.05) is 52.4 Å². The van der Waals surface area contributed by atoms with E-state index in [4.69, 9.17) is 9.47 Å². The van der Waals surface area contributed by atoms with Gasteiger partial charge in [0.1, 0.15) is 12.4 Å². The number of aliphatic imine (C=N–C) groups is 1. The Morgan fingerprint density at radius 2 is 1.87 bits per heavy atom. The van der Waals surface area contributed by atoms with Gasteiger partial charge in [0.2, 0.25) is 0 Å². The largest absolute Gasteiger partial charge is 0.492 e. The molecule has 176 valence electrons. The molecule has 3 rings (SSSR count). The molecule has 2 N–H and O–H groups in total. The lowest BCUT2D eigenvalue weighted by Crippen LogP contribution is -2.48. The molecule has 7 nitrogen and oxygen atoms in total. The zero-order chi connectivity index (χ0) is 21.0. The molecule has 2 heterocycles. The Hall–Kier alpha value is -1.10. The zero-order valence-corrected chi connectivity index (χ0v) is 21.5. The first-order valence-electron chi connectivity index (χ1n) is 11.5. The lowest BCUT2D eigenvalue weighted by molar-refractivity contribution is 0.0322. The highest BCUT2D eigenvalue weighted by atomic mass is 127. The lowest BCUT2D eigenvalue weighted by atomic mass is 10.1. The van der Waals surface area contributed by atoms with E-state index in [9.17, 15) is 0 Å². The summed E-state index contributed by atoms with van der Waals surface area (Å²) in [5.74, 6) is 1.80. The summed E-state index contributed by atoms with van der Waals surface area (Å²) in [4.78, 5) is 9.35. The summed E-state index contributed by atoms with van der Waals surface area (Å²) in [6, 6.07) is 8.82. The van der Waals surface area contributed by atoms with Crippen LogP contribution in [0.5, 0.6) is 5.75 Å². The first kappa shape index (κ1) is 26.2. The van der Waals surface area contributed by atoms with Crippen LogP contribution in [0.2, 0.25) is 0 Å². The Morgan fingerprint density at radius 3 is 2.58 bits per heavy atom. The van der Waals surface area contributed by atoms with E-state index in [0.29, 0.717) is 12.6 Å². The van der Waals surface area contributed by atoms with Gasteiger partial charge >= 0.3 is 0 Å². The predicted molar refractivity (Wildman–Crippen MR) is 138 cm³/mol. The van der Waals surface area contributed by atoms with E-state index in [-0.39, 0.29) is 24.0 Å². The summed E-state index contributed by atoms with van der Waals surface area (Å²) in [6.45, 7) is 11.8. The van der Waals surface area contributed by atoms with E-state index in [1.165, 1.54) is 44.5 Å². The van der Waals surface area contributed by atoms with Crippen molar-refractivity contribution < 1.29 is 9.47 Å². The second-order valence-electron chi connectivity index (χ2n) is 8.14. The normalized spacial score (nSPS) is 19.0. The minimum absolute atomic E-state index is 0. The molecule has 0 radical (unpaired) electrons. The number of piperidine rings is 1. The van der Waals surface area contributed by atoms with Crippen LogP contribution < -0.4 is 15.4 Å². The highest BCUT2D eigenvalue weighted by molar-refractivity contribution is 14.0. The number of nitrogens with zero attached hydrogens (tertiary/aromatic N) is 3. The van der Waals surface area contributed by atoms with Crippen molar-refractivity contribution in [1.29, 1.82) is 0 Å². The first-order chi connectivity index (χ1) is 14.8. The number of morpholine rings is 1. The highest BCUT2D eigenvalue weighted by Gasteiger charge is 2.19. The van der Waals surface area contributed by atoms with Crippen molar-refractivity contribution in [3.8, 4) is 5.75 Å². The molecule has 2 saturated heterocycles. The van der Waals surface area contributed by atoms with Crippen LogP contribution in [0.4, 0.5) is 0 Å². The van der Waals surface area contributed by atoms with Gasteiger partial charge in [-0.3, -0.25) is 9.89 Å². The molecule has 2 fully saturated rings. The van der Waals surface area contributed by atoms with Crippen LogP contribution in [0.3, 0.4) is 0 Å². The van der Waals surface area contributed by atoms with Crippen molar-refractivity contribution >= 4 is 29.9 Å². The summed E-state index contributed by atoms with van der Waals surface area (Å²) in [7, 11) is 1.84. The van der Waals surface area contributed by atoms with Crippen LogP contribution in [-0.4, -0.2) is 87.9 Å². The fourth-order valence-corrected chi connectivity index (χ4v) is 4.05. The molecule has 0 unspecified atom stereocenters. The molecule has 0 aromatic heterocycles. The molecule has 0 aliphatic carbocycles. The summed E-state index contributed by atoms with van der Waals surface area (Å²) >= 11 is 0. The van der Waals surface area contributed by atoms with Crippen molar-refractivity contribution in [2.24, 2.45) is 4.99 Å². The SMILES string of the molecule is CCCN1CCC(NC(=NC)NCc2cccc(OCCN3CCOCC3)c2)CC1.I. The van der Waals surface area contributed by atoms with Gasteiger partial charge in [0.05, 0.1) is 13.2 Å². The Balaban J connectivity index is 0.00000341. The fourth-order valence-electron chi connectivity index (χ4n) is 4.05. The van der Waals surface area contributed by atoms with E-state index in [1.54, 1.807) is 0 Å². The lowest BCUT2D eigenvalue weighted by Gasteiger charge is -2.32. The molecular formula is C23H40IN5O2. The summed E-state index contributed by atoms with van der Waals surface area (Å²) < 4.78 is 11.4. The third kappa shape index (κ3) is 9.51. The van der Waals surface area contributed by atoms with Crippen molar-refractivity contribution in [1.82, 2.24) is 20.4 Å². The number of likely N-dealkylation sites (tertiary alicyclic amines) is 1. The maximum Gasteiger partial charge on any atom is 0.191 e. The minimum atomic E-state index is 0. The van der Waals surface area contributed by atoms with Crippen LogP contribution in [0.15, 0.2) is 29.3 Å². The summed E-state index contributed by atoms with van der Waals surface area (Å²) in [5.41, 5.74) is 1.19. The minimum Gasteiger partial charge on any atom is -0.492 e. The number of ether oxygens (including phenoxy) is 2. The van der Waals surface area contributed by atoms with E-state index in [2.05, 4.69) is 50.5 Å². The molecule has 1 aromatic carbocycles. The van der Waals surface area contributed by atoms with Gasteiger partial charge < -0.3 is 25.0 Å². The van der Waals surface area contributed by atoms with Gasteiger partial charge in [0.15, 0.2) is 5.96 Å². The molecule has 0 atom stereocenters. The third-order valence-electron chi connectivity index (χ3n) is 5.83. The van der Waals surface area contributed by atoms with Gasteiger partial charge in [-0.2, -0.15) is 0 Å². The zero-order valence-electron chi connectivity index (χ0n) is 19.1. The predicted octanol–water partition coefficient (Wildman–Crippen LogP) is 2.56. The Morgan fingerprint density at radius 1 is 1.13 bits per heavy atom. The quantitative estimate of drug-likeness (QED) is 0.283. The van der Waals surface area contributed by atoms with Gasteiger partial charge in [-0.1, -0.05) is 19.1 Å². The molecule has 0 spiro atoms. The van der Waals surface area contributed by atoms with E-state index >= 15 is 0 Å². The topological polar surface area (TPSA) is 61.4 Å². The van der Waals surface area contributed by atoms with Crippen molar-refractivity contribution in [2.75, 3.05) is 66.1 Å². The van der Waals surface area contributed by atoms with Gasteiger partial charge in [0.25, 0.3) is 0 Å². The second-order valence-corrected chi connectivity index (χ2v) is 8.14. The molecule has 2 aliphatic rings. The third-order valence-corrected chi connectivity index (χ3v) is 5.83. The molecule has 1 aromatic rings. The second kappa shape index (κ2) is 14.9. The Kier molecular flexibility index (Phi) is 12.5. The number of guanidine groups is 1. The van der Waals surface area contributed by atoms with Crippen LogP contribution in [-0.2, 0) is 11.3 Å². The average Bonchev–Trinajstić information content (AvgIpc) is 2.79. The van der Waals surface area contributed by atoms with Crippen LogP contribution in [0, 0.1) is 0 Å². The first-order valence-corrected chi connectivity index (χ1v) is 11.5. The molecule has 8 heteroatoms. The van der Waals surface area contributed by atoms with E-state index in [0.717, 1.165) is 51.1 Å². The number of benzene rings is 1. The Labute approximate surface area is 205 Å². The number of halogens is 1. The Bertz CT molecular complexity index is 647.